The third-order valence-electron chi connectivity index (χ3n) is 3.24. The summed E-state index contributed by atoms with van der Waals surface area (Å²) in [5.41, 5.74) is -1.42. The van der Waals surface area contributed by atoms with Crippen molar-refractivity contribution in [1.82, 2.24) is 10.2 Å². The Kier molecular flexibility index (Phi) is 5.37. The zero-order valence-electron chi connectivity index (χ0n) is 12.6. The van der Waals surface area contributed by atoms with Gasteiger partial charge in [0.1, 0.15) is 5.69 Å². The first-order valence-electron chi connectivity index (χ1n) is 7.00. The maximum Gasteiger partial charge on any atom is 0.238 e. The van der Waals surface area contributed by atoms with Crippen LogP contribution < -0.4 is 10.6 Å². The molecule has 1 fully saturated rings. The van der Waals surface area contributed by atoms with Gasteiger partial charge in [-0.1, -0.05) is 0 Å². The molecular weight excluding hydrogens is 337 g/mol. The molecule has 0 aliphatic heterocycles. The van der Waals surface area contributed by atoms with Crippen LogP contribution in [-0.2, 0) is 9.59 Å². The number of halogens is 5. The second-order valence-electron chi connectivity index (χ2n) is 5.51. The van der Waals surface area contributed by atoms with Crippen molar-refractivity contribution in [1.29, 1.82) is 0 Å². The van der Waals surface area contributed by atoms with Crippen LogP contribution in [0, 0.1) is 29.1 Å². The topological polar surface area (TPSA) is 61.4 Å². The molecule has 10 heteroatoms. The Morgan fingerprint density at radius 3 is 1.88 bits per heavy atom. The molecule has 0 unspecified atom stereocenters. The zero-order chi connectivity index (χ0) is 18.0. The van der Waals surface area contributed by atoms with E-state index < -0.39 is 47.2 Å². The average molecular weight is 351 g/mol. The lowest BCUT2D eigenvalue weighted by atomic mass is 10.2. The quantitative estimate of drug-likeness (QED) is 0.464. The van der Waals surface area contributed by atoms with Gasteiger partial charge >= 0.3 is 0 Å². The summed E-state index contributed by atoms with van der Waals surface area (Å²) < 4.78 is 65.9. The van der Waals surface area contributed by atoms with Crippen molar-refractivity contribution in [2.45, 2.75) is 18.9 Å². The predicted molar refractivity (Wildman–Crippen MR) is 73.5 cm³/mol. The average Bonchev–Trinajstić information content (AvgIpc) is 3.31. The molecule has 5 nitrogen and oxygen atoms in total. The van der Waals surface area contributed by atoms with Crippen molar-refractivity contribution < 1.29 is 31.5 Å². The fourth-order valence-electron chi connectivity index (χ4n) is 1.94. The van der Waals surface area contributed by atoms with E-state index in [2.05, 4.69) is 5.32 Å². The molecule has 1 aromatic rings. The van der Waals surface area contributed by atoms with E-state index >= 15 is 0 Å². The standard InChI is InChI=1S/C14H14F5N3O2/c1-22(4-7(23)20-6-2-3-6)5-8(24)21-14-12(18)10(16)9(15)11(17)13(14)19/h6H,2-5H2,1H3,(H,20,23)(H,21,24). The summed E-state index contributed by atoms with van der Waals surface area (Å²) in [5, 5.41) is 4.31. The van der Waals surface area contributed by atoms with Gasteiger partial charge in [0.05, 0.1) is 13.1 Å². The third kappa shape index (κ3) is 4.19. The van der Waals surface area contributed by atoms with Crippen molar-refractivity contribution in [3.05, 3.63) is 29.1 Å². The molecule has 2 N–H and O–H groups in total. The van der Waals surface area contributed by atoms with Gasteiger partial charge in [-0.3, -0.25) is 14.5 Å². The van der Waals surface area contributed by atoms with E-state index in [1.165, 1.54) is 11.9 Å². The van der Waals surface area contributed by atoms with Crippen LogP contribution in [0.15, 0.2) is 0 Å². The molecule has 0 saturated heterocycles. The van der Waals surface area contributed by atoms with Crippen LogP contribution >= 0.6 is 0 Å². The Balaban J connectivity index is 1.98. The Morgan fingerprint density at radius 1 is 0.917 bits per heavy atom. The van der Waals surface area contributed by atoms with Gasteiger partial charge in [0.25, 0.3) is 0 Å². The maximum atomic E-state index is 13.4. The van der Waals surface area contributed by atoms with Gasteiger partial charge in [0.2, 0.25) is 17.6 Å². The van der Waals surface area contributed by atoms with E-state index in [4.69, 9.17) is 0 Å². The molecule has 1 aromatic carbocycles. The van der Waals surface area contributed by atoms with Gasteiger partial charge in [-0.15, -0.1) is 0 Å². The SMILES string of the molecule is CN(CC(=O)Nc1c(F)c(F)c(F)c(F)c1F)CC(=O)NC1CC1. The van der Waals surface area contributed by atoms with Crippen LogP contribution in [-0.4, -0.2) is 42.9 Å². The molecule has 1 aliphatic rings. The summed E-state index contributed by atoms with van der Waals surface area (Å²) in [6.07, 6.45) is 1.77. The molecule has 2 rings (SSSR count). The smallest absolute Gasteiger partial charge is 0.238 e. The van der Waals surface area contributed by atoms with Crippen LogP contribution in [0.1, 0.15) is 12.8 Å². The van der Waals surface area contributed by atoms with E-state index in [1.807, 2.05) is 0 Å². The summed E-state index contributed by atoms with van der Waals surface area (Å²) in [5.74, 6) is -12.2. The fraction of sp³-hybridized carbons (Fsp3) is 0.429. The van der Waals surface area contributed by atoms with Crippen LogP contribution in [0.25, 0.3) is 0 Å². The molecule has 0 bridgehead atoms. The van der Waals surface area contributed by atoms with Gasteiger partial charge < -0.3 is 10.6 Å². The summed E-state index contributed by atoms with van der Waals surface area (Å²) in [4.78, 5) is 24.5. The van der Waals surface area contributed by atoms with Crippen molar-refractivity contribution in [3.8, 4) is 0 Å². The van der Waals surface area contributed by atoms with Crippen LogP contribution in [0.4, 0.5) is 27.6 Å². The van der Waals surface area contributed by atoms with E-state index in [0.29, 0.717) is 0 Å². The monoisotopic (exact) mass is 351 g/mol. The Hall–Kier alpha value is -2.23. The number of hydrogen-bond donors (Lipinski definition) is 2. The van der Waals surface area contributed by atoms with Crippen molar-refractivity contribution in [2.24, 2.45) is 0 Å². The zero-order valence-corrected chi connectivity index (χ0v) is 12.6. The Morgan fingerprint density at radius 2 is 1.38 bits per heavy atom. The summed E-state index contributed by atoms with van der Waals surface area (Å²) in [6, 6.07) is 0.132. The predicted octanol–water partition coefficient (Wildman–Crippen LogP) is 1.53. The number of hydrogen-bond acceptors (Lipinski definition) is 3. The minimum Gasteiger partial charge on any atom is -0.352 e. The highest BCUT2D eigenvalue weighted by Gasteiger charge is 2.27. The number of amides is 2. The second-order valence-corrected chi connectivity index (χ2v) is 5.51. The number of rotatable bonds is 6. The normalized spacial score (nSPS) is 14.0. The largest absolute Gasteiger partial charge is 0.352 e. The van der Waals surface area contributed by atoms with Gasteiger partial charge in [-0.25, -0.2) is 22.0 Å². The Labute approximate surface area is 133 Å². The van der Waals surface area contributed by atoms with Gasteiger partial charge in [-0.2, -0.15) is 0 Å². The minimum atomic E-state index is -2.31. The minimum absolute atomic E-state index is 0.132. The van der Waals surface area contributed by atoms with Crippen LogP contribution in [0.5, 0.6) is 0 Å². The Bertz CT molecular complexity index is 650. The number of carbonyl (C=O) groups is 2. The lowest BCUT2D eigenvalue weighted by Crippen LogP contribution is -2.39. The highest BCUT2D eigenvalue weighted by molar-refractivity contribution is 5.93. The van der Waals surface area contributed by atoms with Crippen molar-refractivity contribution >= 4 is 17.5 Å². The molecule has 0 atom stereocenters. The number of benzene rings is 1. The lowest BCUT2D eigenvalue weighted by molar-refractivity contribution is -0.123. The number of nitrogens with zero attached hydrogens (tertiary/aromatic N) is 1. The maximum absolute atomic E-state index is 13.4. The number of carbonyl (C=O) groups excluding carboxylic acids is 2. The van der Waals surface area contributed by atoms with E-state index in [9.17, 15) is 31.5 Å². The highest BCUT2D eigenvalue weighted by Crippen LogP contribution is 2.27. The molecule has 1 aliphatic carbocycles. The fourth-order valence-corrected chi connectivity index (χ4v) is 1.94. The molecule has 0 heterocycles. The molecule has 132 valence electrons. The van der Waals surface area contributed by atoms with Crippen LogP contribution in [0.3, 0.4) is 0 Å². The van der Waals surface area contributed by atoms with Gasteiger partial charge in [0.15, 0.2) is 23.3 Å². The van der Waals surface area contributed by atoms with Crippen molar-refractivity contribution in [2.75, 3.05) is 25.5 Å². The van der Waals surface area contributed by atoms with E-state index in [0.717, 1.165) is 12.8 Å². The molecule has 2 amide bonds. The molecule has 24 heavy (non-hydrogen) atoms. The summed E-state index contributed by atoms with van der Waals surface area (Å²) >= 11 is 0. The first-order valence-corrected chi connectivity index (χ1v) is 7.00. The molecule has 0 spiro atoms. The molecule has 0 aromatic heterocycles. The van der Waals surface area contributed by atoms with Gasteiger partial charge in [0, 0.05) is 6.04 Å². The van der Waals surface area contributed by atoms with Gasteiger partial charge in [-0.05, 0) is 19.9 Å². The van der Waals surface area contributed by atoms with E-state index in [1.54, 1.807) is 5.32 Å². The van der Waals surface area contributed by atoms with Crippen molar-refractivity contribution in [3.63, 3.8) is 0 Å². The number of anilines is 1. The first-order chi connectivity index (χ1) is 11.2. The first kappa shape index (κ1) is 18.1. The lowest BCUT2D eigenvalue weighted by Gasteiger charge is -2.16. The van der Waals surface area contributed by atoms with Crippen LogP contribution in [0.2, 0.25) is 0 Å². The number of nitrogens with one attached hydrogen (secondary N) is 2. The highest BCUT2D eigenvalue weighted by atomic mass is 19.2. The molecule has 1 saturated carbocycles. The summed E-state index contributed by atoms with van der Waals surface area (Å²) in [6.45, 7) is -0.626. The molecule has 0 radical (unpaired) electrons. The molecular formula is C14H14F5N3O2. The number of likely N-dealkylation sites (N-methyl/N-ethyl adjacent to an activating group) is 1. The van der Waals surface area contributed by atoms with E-state index in [-0.39, 0.29) is 18.5 Å². The third-order valence-corrected chi connectivity index (χ3v) is 3.24. The summed E-state index contributed by atoms with van der Waals surface area (Å²) in [7, 11) is 1.39. The second kappa shape index (κ2) is 7.12.